The van der Waals surface area contributed by atoms with Crippen molar-refractivity contribution in [3.8, 4) is 0 Å². The standard InChI is InChI=1S/C16H19N3O3/c1-9(2)16(14(21)17-15(22)18-16)8-19-7-11-5-4-10(3)6-12(11)13(19)20/h4-6,9H,7-8H2,1-3H3,(H2,17,18,21,22). The van der Waals surface area contributed by atoms with Crippen LogP contribution >= 0.6 is 0 Å². The lowest BCUT2D eigenvalue weighted by Crippen LogP contribution is -2.58. The van der Waals surface area contributed by atoms with Crippen LogP contribution in [0.2, 0.25) is 0 Å². The van der Waals surface area contributed by atoms with Gasteiger partial charge in [-0.25, -0.2) is 4.79 Å². The molecule has 0 aliphatic carbocycles. The second kappa shape index (κ2) is 4.83. The van der Waals surface area contributed by atoms with E-state index < -0.39 is 11.6 Å². The lowest BCUT2D eigenvalue weighted by atomic mass is 9.86. The number of benzene rings is 1. The third kappa shape index (κ3) is 2.06. The molecule has 6 nitrogen and oxygen atoms in total. The van der Waals surface area contributed by atoms with Crippen molar-refractivity contribution in [1.82, 2.24) is 15.5 Å². The Balaban J connectivity index is 1.89. The molecule has 0 bridgehead atoms. The summed E-state index contributed by atoms with van der Waals surface area (Å²) in [5.74, 6) is -0.586. The molecule has 1 unspecified atom stereocenters. The van der Waals surface area contributed by atoms with Crippen molar-refractivity contribution in [2.24, 2.45) is 5.92 Å². The number of amides is 4. The molecule has 2 aliphatic heterocycles. The number of hydrogen-bond acceptors (Lipinski definition) is 3. The molecule has 1 fully saturated rings. The number of rotatable bonds is 3. The normalized spacial score (nSPS) is 23.8. The van der Waals surface area contributed by atoms with E-state index in [1.807, 2.05) is 39.0 Å². The predicted molar refractivity (Wildman–Crippen MR) is 80.2 cm³/mol. The second-order valence-electron chi connectivity index (χ2n) is 6.36. The highest BCUT2D eigenvalue weighted by atomic mass is 16.2. The van der Waals surface area contributed by atoms with E-state index in [9.17, 15) is 14.4 Å². The van der Waals surface area contributed by atoms with Gasteiger partial charge in [-0.15, -0.1) is 0 Å². The summed E-state index contributed by atoms with van der Waals surface area (Å²) in [5, 5.41) is 4.99. The first-order valence-corrected chi connectivity index (χ1v) is 7.36. The number of aryl methyl sites for hydroxylation is 1. The molecule has 0 radical (unpaired) electrons. The van der Waals surface area contributed by atoms with Crippen LogP contribution in [0.5, 0.6) is 0 Å². The Morgan fingerprint density at radius 2 is 2.00 bits per heavy atom. The number of urea groups is 1. The summed E-state index contributed by atoms with van der Waals surface area (Å²) >= 11 is 0. The van der Waals surface area contributed by atoms with Crippen LogP contribution in [0.15, 0.2) is 18.2 Å². The maximum atomic E-state index is 12.6. The van der Waals surface area contributed by atoms with Gasteiger partial charge in [0.05, 0.1) is 6.54 Å². The molecular weight excluding hydrogens is 282 g/mol. The van der Waals surface area contributed by atoms with Gasteiger partial charge in [-0.2, -0.15) is 0 Å². The Morgan fingerprint density at radius 3 is 2.59 bits per heavy atom. The molecule has 0 saturated carbocycles. The van der Waals surface area contributed by atoms with Crippen LogP contribution in [0.1, 0.15) is 35.3 Å². The fourth-order valence-electron chi connectivity index (χ4n) is 3.11. The molecule has 4 amide bonds. The van der Waals surface area contributed by atoms with Crippen molar-refractivity contribution in [3.05, 3.63) is 34.9 Å². The maximum absolute atomic E-state index is 12.6. The van der Waals surface area contributed by atoms with Gasteiger partial charge in [0.2, 0.25) is 0 Å². The Labute approximate surface area is 128 Å². The van der Waals surface area contributed by atoms with Gasteiger partial charge in [0.15, 0.2) is 0 Å². The van der Waals surface area contributed by atoms with Gasteiger partial charge in [-0.3, -0.25) is 14.9 Å². The van der Waals surface area contributed by atoms with Gasteiger partial charge < -0.3 is 10.2 Å². The average molecular weight is 301 g/mol. The molecule has 0 aromatic heterocycles. The molecule has 2 aliphatic rings. The third-order valence-corrected chi connectivity index (χ3v) is 4.54. The first-order chi connectivity index (χ1) is 10.3. The van der Waals surface area contributed by atoms with E-state index in [2.05, 4.69) is 10.6 Å². The van der Waals surface area contributed by atoms with Crippen LogP contribution in [0.25, 0.3) is 0 Å². The van der Waals surface area contributed by atoms with E-state index in [4.69, 9.17) is 0 Å². The summed E-state index contributed by atoms with van der Waals surface area (Å²) in [6.07, 6.45) is 0. The first kappa shape index (κ1) is 14.6. The Hall–Kier alpha value is -2.37. The van der Waals surface area contributed by atoms with Crippen molar-refractivity contribution in [3.63, 3.8) is 0 Å². The fourth-order valence-corrected chi connectivity index (χ4v) is 3.11. The maximum Gasteiger partial charge on any atom is 0.322 e. The number of nitrogens with one attached hydrogen (secondary N) is 2. The monoisotopic (exact) mass is 301 g/mol. The molecular formula is C16H19N3O3. The first-order valence-electron chi connectivity index (χ1n) is 7.36. The zero-order chi connectivity index (χ0) is 16.1. The Morgan fingerprint density at radius 1 is 1.27 bits per heavy atom. The topological polar surface area (TPSA) is 78.5 Å². The molecule has 2 N–H and O–H groups in total. The Kier molecular flexibility index (Phi) is 3.20. The molecule has 1 aromatic carbocycles. The highest BCUT2D eigenvalue weighted by Gasteiger charge is 2.51. The van der Waals surface area contributed by atoms with E-state index in [1.54, 1.807) is 4.90 Å². The fraction of sp³-hybridized carbons (Fsp3) is 0.438. The highest BCUT2D eigenvalue weighted by Crippen LogP contribution is 2.29. The minimum Gasteiger partial charge on any atom is -0.331 e. The molecule has 1 atom stereocenters. The summed E-state index contributed by atoms with van der Waals surface area (Å²) in [6.45, 7) is 6.31. The summed E-state index contributed by atoms with van der Waals surface area (Å²) in [6, 6.07) is 5.28. The van der Waals surface area contributed by atoms with Crippen molar-refractivity contribution >= 4 is 17.8 Å². The van der Waals surface area contributed by atoms with Gasteiger partial charge in [0, 0.05) is 12.1 Å². The van der Waals surface area contributed by atoms with Gasteiger partial charge in [0.1, 0.15) is 5.54 Å². The zero-order valence-corrected chi connectivity index (χ0v) is 12.9. The van der Waals surface area contributed by atoms with E-state index >= 15 is 0 Å². The lowest BCUT2D eigenvalue weighted by Gasteiger charge is -2.34. The molecule has 6 heteroatoms. The minimum absolute atomic E-state index is 0.0901. The third-order valence-electron chi connectivity index (χ3n) is 4.54. The van der Waals surface area contributed by atoms with Crippen LogP contribution in [0.3, 0.4) is 0 Å². The molecule has 1 aromatic rings. The number of fused-ring (bicyclic) bond motifs is 1. The number of carbonyl (C=O) groups is 3. The quantitative estimate of drug-likeness (QED) is 0.823. The number of imide groups is 1. The summed E-state index contributed by atoms with van der Waals surface area (Å²) in [7, 11) is 0. The molecule has 22 heavy (non-hydrogen) atoms. The van der Waals surface area contributed by atoms with Gasteiger partial charge in [-0.1, -0.05) is 31.5 Å². The molecule has 116 valence electrons. The van der Waals surface area contributed by atoms with Crippen LogP contribution in [0, 0.1) is 12.8 Å². The number of carbonyl (C=O) groups excluding carboxylic acids is 3. The summed E-state index contributed by atoms with van der Waals surface area (Å²) in [5.41, 5.74) is 1.60. The molecule has 3 rings (SSSR count). The van der Waals surface area contributed by atoms with Gasteiger partial charge in [-0.05, 0) is 24.5 Å². The second-order valence-corrected chi connectivity index (χ2v) is 6.36. The van der Waals surface area contributed by atoms with Crippen LogP contribution < -0.4 is 10.6 Å². The van der Waals surface area contributed by atoms with E-state index in [-0.39, 0.29) is 24.3 Å². The van der Waals surface area contributed by atoms with Crippen molar-refractivity contribution < 1.29 is 14.4 Å². The molecule has 1 saturated heterocycles. The van der Waals surface area contributed by atoms with Crippen LogP contribution in [-0.4, -0.2) is 34.8 Å². The largest absolute Gasteiger partial charge is 0.331 e. The van der Waals surface area contributed by atoms with Crippen molar-refractivity contribution in [2.45, 2.75) is 32.9 Å². The van der Waals surface area contributed by atoms with Gasteiger partial charge >= 0.3 is 6.03 Å². The smallest absolute Gasteiger partial charge is 0.322 e. The SMILES string of the molecule is Cc1ccc2c(c1)C(=O)N(CC1(C(C)C)NC(=O)NC1=O)C2. The van der Waals surface area contributed by atoms with E-state index in [0.29, 0.717) is 12.1 Å². The lowest BCUT2D eigenvalue weighted by molar-refractivity contribution is -0.126. The molecule has 2 heterocycles. The number of hydrogen-bond donors (Lipinski definition) is 2. The summed E-state index contributed by atoms with van der Waals surface area (Å²) < 4.78 is 0. The van der Waals surface area contributed by atoms with E-state index in [1.165, 1.54) is 0 Å². The van der Waals surface area contributed by atoms with Crippen molar-refractivity contribution in [1.29, 1.82) is 0 Å². The van der Waals surface area contributed by atoms with Crippen LogP contribution in [-0.2, 0) is 11.3 Å². The van der Waals surface area contributed by atoms with Crippen molar-refractivity contribution in [2.75, 3.05) is 6.54 Å². The predicted octanol–water partition coefficient (Wildman–Crippen LogP) is 1.19. The zero-order valence-electron chi connectivity index (χ0n) is 12.9. The number of nitrogens with zero attached hydrogens (tertiary/aromatic N) is 1. The minimum atomic E-state index is -1.07. The van der Waals surface area contributed by atoms with Gasteiger partial charge in [0.25, 0.3) is 11.8 Å². The average Bonchev–Trinajstić information content (AvgIpc) is 2.89. The Bertz CT molecular complexity index is 683. The van der Waals surface area contributed by atoms with Crippen LogP contribution in [0.4, 0.5) is 4.79 Å². The highest BCUT2D eigenvalue weighted by molar-refractivity contribution is 6.08. The summed E-state index contributed by atoms with van der Waals surface area (Å²) in [4.78, 5) is 38.0. The molecule has 0 spiro atoms. The van der Waals surface area contributed by atoms with E-state index in [0.717, 1.165) is 11.1 Å².